The highest BCUT2D eigenvalue weighted by Crippen LogP contribution is 2.07. The van der Waals surface area contributed by atoms with E-state index in [4.69, 9.17) is 5.26 Å². The van der Waals surface area contributed by atoms with E-state index in [-0.39, 0.29) is 6.10 Å². The Balaban J connectivity index is 2.31. The van der Waals surface area contributed by atoms with Crippen molar-refractivity contribution in [3.63, 3.8) is 0 Å². The lowest BCUT2D eigenvalue weighted by Crippen LogP contribution is -2.04. The summed E-state index contributed by atoms with van der Waals surface area (Å²) in [6.07, 6.45) is 5.76. The Bertz CT molecular complexity index is 459. The molecule has 0 aromatic heterocycles. The van der Waals surface area contributed by atoms with E-state index in [0.717, 1.165) is 18.4 Å². The summed E-state index contributed by atoms with van der Waals surface area (Å²) in [6.45, 7) is 2.18. The smallest absolute Gasteiger partial charge is 0.0991 e. The summed E-state index contributed by atoms with van der Waals surface area (Å²) in [5.41, 5.74) is 1.53. The highest BCUT2D eigenvalue weighted by molar-refractivity contribution is 5.39. The Hall–Kier alpha value is -1.77. The fourth-order valence-corrected chi connectivity index (χ4v) is 1.81. The summed E-state index contributed by atoms with van der Waals surface area (Å²) >= 11 is 0. The zero-order chi connectivity index (χ0) is 13.9. The minimum atomic E-state index is -0.317. The molecule has 0 spiro atoms. The monoisotopic (exact) mass is 255 g/mol. The van der Waals surface area contributed by atoms with E-state index in [1.54, 1.807) is 12.1 Å². The summed E-state index contributed by atoms with van der Waals surface area (Å²) in [6, 6.07) is 9.25. The topological polar surface area (TPSA) is 44.0 Å². The Morgan fingerprint density at radius 2 is 1.79 bits per heavy atom. The quantitative estimate of drug-likeness (QED) is 0.623. The van der Waals surface area contributed by atoms with Crippen molar-refractivity contribution < 1.29 is 5.11 Å². The van der Waals surface area contributed by atoms with Gasteiger partial charge < -0.3 is 5.11 Å². The Kier molecular flexibility index (Phi) is 7.40. The molecule has 0 aliphatic heterocycles. The van der Waals surface area contributed by atoms with Gasteiger partial charge in [-0.2, -0.15) is 5.26 Å². The first-order valence-corrected chi connectivity index (χ1v) is 6.93. The predicted molar refractivity (Wildman–Crippen MR) is 77.4 cm³/mol. The second kappa shape index (κ2) is 9.20. The number of aliphatic hydroxyl groups excluding tert-OH is 1. The van der Waals surface area contributed by atoms with Crippen molar-refractivity contribution in [2.75, 3.05) is 0 Å². The van der Waals surface area contributed by atoms with Gasteiger partial charge in [-0.1, -0.05) is 44.4 Å². The van der Waals surface area contributed by atoms with Gasteiger partial charge in [0.25, 0.3) is 0 Å². The summed E-state index contributed by atoms with van der Waals surface area (Å²) < 4.78 is 0. The number of nitrogens with zero attached hydrogens (tertiary/aromatic N) is 1. The van der Waals surface area contributed by atoms with Gasteiger partial charge in [0.1, 0.15) is 0 Å². The molecule has 1 aromatic rings. The van der Waals surface area contributed by atoms with Crippen LogP contribution in [0, 0.1) is 23.2 Å². The highest BCUT2D eigenvalue weighted by atomic mass is 16.3. The molecular formula is C17H21NO. The van der Waals surface area contributed by atoms with Crippen LogP contribution in [0.15, 0.2) is 24.3 Å². The molecule has 0 heterocycles. The molecule has 2 heteroatoms. The maximum atomic E-state index is 9.76. The van der Waals surface area contributed by atoms with Crippen molar-refractivity contribution in [2.24, 2.45) is 0 Å². The fourth-order valence-electron chi connectivity index (χ4n) is 1.81. The van der Waals surface area contributed by atoms with Crippen molar-refractivity contribution in [3.05, 3.63) is 35.4 Å². The van der Waals surface area contributed by atoms with Crippen molar-refractivity contribution in [1.82, 2.24) is 0 Å². The van der Waals surface area contributed by atoms with E-state index < -0.39 is 0 Å². The van der Waals surface area contributed by atoms with Crippen molar-refractivity contribution >= 4 is 0 Å². The van der Waals surface area contributed by atoms with Gasteiger partial charge in [0.05, 0.1) is 17.7 Å². The molecule has 0 amide bonds. The standard InChI is InChI=1S/C17H21NO/c1-2-3-4-5-8-17(19)9-6-7-15-10-12-16(14-18)13-11-15/h10-13,17,19H,2-5,8-9H2,1H3/t17-/m1/s1. The highest BCUT2D eigenvalue weighted by Gasteiger charge is 2.00. The first-order chi connectivity index (χ1) is 9.26. The summed E-state index contributed by atoms with van der Waals surface area (Å²) in [4.78, 5) is 0. The fraction of sp³-hybridized carbons (Fsp3) is 0.471. The molecule has 0 bridgehead atoms. The molecule has 1 aromatic carbocycles. The average Bonchev–Trinajstić information content (AvgIpc) is 2.44. The van der Waals surface area contributed by atoms with E-state index in [1.165, 1.54) is 19.3 Å². The van der Waals surface area contributed by atoms with Crippen molar-refractivity contribution in [2.45, 2.75) is 51.6 Å². The van der Waals surface area contributed by atoms with Gasteiger partial charge in [0.15, 0.2) is 0 Å². The van der Waals surface area contributed by atoms with Crippen LogP contribution >= 0.6 is 0 Å². The molecule has 1 N–H and O–H groups in total. The number of unbranched alkanes of at least 4 members (excludes halogenated alkanes) is 3. The third kappa shape index (κ3) is 6.65. The van der Waals surface area contributed by atoms with E-state index in [0.29, 0.717) is 12.0 Å². The van der Waals surface area contributed by atoms with Crippen LogP contribution in [-0.2, 0) is 0 Å². The van der Waals surface area contributed by atoms with Gasteiger partial charge >= 0.3 is 0 Å². The Morgan fingerprint density at radius 1 is 1.11 bits per heavy atom. The molecule has 1 atom stereocenters. The molecule has 2 nitrogen and oxygen atoms in total. The van der Waals surface area contributed by atoms with Crippen LogP contribution in [0.3, 0.4) is 0 Å². The molecule has 0 aliphatic rings. The molecular weight excluding hydrogens is 234 g/mol. The lowest BCUT2D eigenvalue weighted by atomic mass is 10.1. The second-order valence-electron chi connectivity index (χ2n) is 4.70. The first kappa shape index (κ1) is 15.3. The molecule has 0 saturated carbocycles. The maximum absolute atomic E-state index is 9.76. The van der Waals surface area contributed by atoms with Crippen LogP contribution in [-0.4, -0.2) is 11.2 Å². The number of hydrogen-bond acceptors (Lipinski definition) is 2. The van der Waals surface area contributed by atoms with Gasteiger partial charge in [-0.05, 0) is 30.7 Å². The van der Waals surface area contributed by atoms with Gasteiger partial charge in [-0.25, -0.2) is 0 Å². The van der Waals surface area contributed by atoms with Crippen molar-refractivity contribution in [3.8, 4) is 17.9 Å². The molecule has 0 radical (unpaired) electrons. The van der Waals surface area contributed by atoms with E-state index in [1.807, 2.05) is 12.1 Å². The van der Waals surface area contributed by atoms with Gasteiger partial charge in [0.2, 0.25) is 0 Å². The molecule has 0 fully saturated rings. The van der Waals surface area contributed by atoms with Gasteiger partial charge in [-0.3, -0.25) is 0 Å². The summed E-state index contributed by atoms with van der Waals surface area (Å²) in [7, 11) is 0. The van der Waals surface area contributed by atoms with Crippen molar-refractivity contribution in [1.29, 1.82) is 5.26 Å². The minimum Gasteiger partial charge on any atom is -0.392 e. The van der Waals surface area contributed by atoms with Crippen LogP contribution in [0.2, 0.25) is 0 Å². The molecule has 0 aliphatic carbocycles. The predicted octanol–water partition coefficient (Wildman–Crippen LogP) is 3.63. The molecule has 0 saturated heterocycles. The number of rotatable bonds is 6. The van der Waals surface area contributed by atoms with Crippen LogP contribution < -0.4 is 0 Å². The first-order valence-electron chi connectivity index (χ1n) is 6.93. The third-order valence-electron chi connectivity index (χ3n) is 2.98. The largest absolute Gasteiger partial charge is 0.392 e. The normalized spacial score (nSPS) is 11.2. The Labute approximate surface area is 116 Å². The summed E-state index contributed by atoms with van der Waals surface area (Å²) in [5, 5.41) is 18.4. The number of aliphatic hydroxyl groups is 1. The average molecular weight is 255 g/mol. The lowest BCUT2D eigenvalue weighted by molar-refractivity contribution is 0.166. The number of benzene rings is 1. The zero-order valence-electron chi connectivity index (χ0n) is 11.5. The maximum Gasteiger partial charge on any atom is 0.0991 e. The van der Waals surface area contributed by atoms with Crippen LogP contribution in [0.4, 0.5) is 0 Å². The molecule has 1 rings (SSSR count). The van der Waals surface area contributed by atoms with Crippen LogP contribution in [0.5, 0.6) is 0 Å². The lowest BCUT2D eigenvalue weighted by Gasteiger charge is -2.05. The van der Waals surface area contributed by atoms with Gasteiger partial charge in [-0.15, -0.1) is 0 Å². The van der Waals surface area contributed by atoms with E-state index >= 15 is 0 Å². The minimum absolute atomic E-state index is 0.317. The molecule has 0 unspecified atom stereocenters. The molecule has 100 valence electrons. The molecule has 19 heavy (non-hydrogen) atoms. The number of nitriles is 1. The SMILES string of the molecule is CCCCCC[C@@H](O)CC#Cc1ccc(C#N)cc1. The van der Waals surface area contributed by atoms with E-state index in [9.17, 15) is 5.11 Å². The van der Waals surface area contributed by atoms with Crippen LogP contribution in [0.1, 0.15) is 56.6 Å². The Morgan fingerprint density at radius 3 is 2.42 bits per heavy atom. The number of hydrogen-bond donors (Lipinski definition) is 1. The van der Waals surface area contributed by atoms with E-state index in [2.05, 4.69) is 24.8 Å². The van der Waals surface area contributed by atoms with Crippen LogP contribution in [0.25, 0.3) is 0 Å². The van der Waals surface area contributed by atoms with Gasteiger partial charge in [0, 0.05) is 12.0 Å². The zero-order valence-corrected chi connectivity index (χ0v) is 11.5. The third-order valence-corrected chi connectivity index (χ3v) is 2.98. The second-order valence-corrected chi connectivity index (χ2v) is 4.70. The summed E-state index contributed by atoms with van der Waals surface area (Å²) in [5.74, 6) is 6.01.